The highest BCUT2D eigenvalue weighted by Crippen LogP contribution is 2.42. The molecule has 1 aliphatic rings. The number of anilines is 1. The molecule has 3 aromatic rings. The molecule has 1 heterocycles. The molecule has 156 valence electrons. The van der Waals surface area contributed by atoms with Gasteiger partial charge in [0, 0.05) is 12.1 Å². The Morgan fingerprint density at radius 2 is 1.52 bits per heavy atom. The first-order valence-electron chi connectivity index (χ1n) is 9.91. The Labute approximate surface area is 179 Å². The first kappa shape index (κ1) is 20.2. The minimum atomic E-state index is -0.790. The number of phenolic OH excluding ortho intramolecular Hbond substituents is 1. The van der Waals surface area contributed by atoms with Crippen molar-refractivity contribution in [2.75, 3.05) is 4.90 Å². The number of hydrogen-bond donors (Lipinski definition) is 2. The van der Waals surface area contributed by atoms with Crippen LogP contribution in [0, 0.1) is 0 Å². The van der Waals surface area contributed by atoms with Gasteiger partial charge in [0.1, 0.15) is 17.2 Å². The molecule has 3 aromatic carbocycles. The summed E-state index contributed by atoms with van der Waals surface area (Å²) in [5, 5.41) is 20.2. The van der Waals surface area contributed by atoms with Crippen molar-refractivity contribution in [3.63, 3.8) is 0 Å². The third kappa shape index (κ3) is 3.88. The predicted molar refractivity (Wildman–Crippen MR) is 116 cm³/mol. The second-order valence-corrected chi connectivity index (χ2v) is 7.12. The molecular weight excluding hydrogens is 394 g/mol. The van der Waals surface area contributed by atoms with Crippen LogP contribution < -0.4 is 9.64 Å². The standard InChI is InChI=1S/C25H21NO5/c1-2-21(28)22-23(16-8-12-18(27)13-9-16)26(25(30)24(22)29)17-10-14-20(15-11-17)31-19-6-4-3-5-7-19/h3-15,23,27,29H,2H2,1H3. The quantitative estimate of drug-likeness (QED) is 0.587. The number of hydrogen-bond acceptors (Lipinski definition) is 5. The monoisotopic (exact) mass is 415 g/mol. The number of aliphatic hydroxyl groups excluding tert-OH is 1. The number of aliphatic hydroxyl groups is 1. The van der Waals surface area contributed by atoms with Crippen LogP contribution in [-0.2, 0) is 9.59 Å². The Morgan fingerprint density at radius 3 is 2.13 bits per heavy atom. The van der Waals surface area contributed by atoms with E-state index in [9.17, 15) is 19.8 Å². The summed E-state index contributed by atoms with van der Waals surface area (Å²) in [5.41, 5.74) is 1.17. The lowest BCUT2D eigenvalue weighted by molar-refractivity contribution is -0.118. The second kappa shape index (κ2) is 8.36. The van der Waals surface area contributed by atoms with Crippen molar-refractivity contribution in [3.05, 3.63) is 95.8 Å². The van der Waals surface area contributed by atoms with Crippen molar-refractivity contribution in [3.8, 4) is 17.2 Å². The van der Waals surface area contributed by atoms with Crippen LogP contribution in [-0.4, -0.2) is 21.9 Å². The van der Waals surface area contributed by atoms with Gasteiger partial charge in [-0.15, -0.1) is 0 Å². The molecule has 0 spiro atoms. The molecule has 1 aliphatic heterocycles. The van der Waals surface area contributed by atoms with E-state index in [-0.39, 0.29) is 23.5 Å². The molecule has 6 heteroatoms. The van der Waals surface area contributed by atoms with Gasteiger partial charge in [0.25, 0.3) is 5.91 Å². The molecule has 2 N–H and O–H groups in total. The highest BCUT2D eigenvalue weighted by molar-refractivity contribution is 6.16. The molecule has 0 saturated heterocycles. The molecule has 1 unspecified atom stereocenters. The molecule has 0 radical (unpaired) electrons. The van der Waals surface area contributed by atoms with E-state index in [1.165, 1.54) is 17.0 Å². The van der Waals surface area contributed by atoms with Gasteiger partial charge in [-0.05, 0) is 54.1 Å². The topological polar surface area (TPSA) is 87.1 Å². The van der Waals surface area contributed by atoms with Crippen LogP contribution in [0.5, 0.6) is 17.2 Å². The molecule has 0 saturated carbocycles. The maximum atomic E-state index is 12.9. The number of amides is 1. The molecule has 4 rings (SSSR count). The van der Waals surface area contributed by atoms with E-state index in [1.807, 2.05) is 30.3 Å². The van der Waals surface area contributed by atoms with Crippen LogP contribution in [0.15, 0.2) is 90.2 Å². The summed E-state index contributed by atoms with van der Waals surface area (Å²) in [6.45, 7) is 1.68. The maximum Gasteiger partial charge on any atom is 0.294 e. The maximum absolute atomic E-state index is 12.9. The highest BCUT2D eigenvalue weighted by atomic mass is 16.5. The Morgan fingerprint density at radius 1 is 0.903 bits per heavy atom. The van der Waals surface area contributed by atoms with Gasteiger partial charge >= 0.3 is 0 Å². The molecule has 0 aliphatic carbocycles. The minimum Gasteiger partial charge on any atom is -0.508 e. The van der Waals surface area contributed by atoms with E-state index < -0.39 is 17.7 Å². The van der Waals surface area contributed by atoms with Crippen LogP contribution in [0.2, 0.25) is 0 Å². The number of benzene rings is 3. The van der Waals surface area contributed by atoms with Gasteiger partial charge in [0.15, 0.2) is 11.5 Å². The summed E-state index contributed by atoms with van der Waals surface area (Å²) in [6.07, 6.45) is 0.152. The minimum absolute atomic E-state index is 0.0581. The molecule has 0 bridgehead atoms. The lowest BCUT2D eigenvalue weighted by Gasteiger charge is -2.27. The van der Waals surface area contributed by atoms with Crippen molar-refractivity contribution in [2.24, 2.45) is 0 Å². The van der Waals surface area contributed by atoms with Gasteiger partial charge in [-0.2, -0.15) is 0 Å². The summed E-state index contributed by atoms with van der Waals surface area (Å²) >= 11 is 0. The summed E-state index contributed by atoms with van der Waals surface area (Å²) in [7, 11) is 0. The van der Waals surface area contributed by atoms with Crippen LogP contribution in [0.1, 0.15) is 24.9 Å². The molecule has 6 nitrogen and oxygen atoms in total. The number of nitrogens with zero attached hydrogens (tertiary/aromatic N) is 1. The number of carbonyl (C=O) groups excluding carboxylic acids is 2. The summed E-state index contributed by atoms with van der Waals surface area (Å²) in [6, 6.07) is 21.6. The third-order valence-corrected chi connectivity index (χ3v) is 5.13. The smallest absolute Gasteiger partial charge is 0.294 e. The molecule has 1 amide bonds. The average Bonchev–Trinajstić information content (AvgIpc) is 3.06. The van der Waals surface area contributed by atoms with Crippen LogP contribution in [0.4, 0.5) is 5.69 Å². The van der Waals surface area contributed by atoms with E-state index in [0.29, 0.717) is 22.7 Å². The Balaban J connectivity index is 1.71. The number of aromatic hydroxyl groups is 1. The molecule has 0 aromatic heterocycles. The van der Waals surface area contributed by atoms with Gasteiger partial charge in [0.2, 0.25) is 0 Å². The van der Waals surface area contributed by atoms with Gasteiger partial charge in [-0.1, -0.05) is 37.3 Å². The summed E-state index contributed by atoms with van der Waals surface area (Å²) in [5.74, 6) is -0.162. The zero-order valence-electron chi connectivity index (χ0n) is 16.9. The fourth-order valence-electron chi connectivity index (χ4n) is 3.62. The number of ether oxygens (including phenoxy) is 1. The van der Waals surface area contributed by atoms with Crippen molar-refractivity contribution in [1.29, 1.82) is 0 Å². The normalized spacial score (nSPS) is 16.0. The third-order valence-electron chi connectivity index (χ3n) is 5.13. The Hall–Kier alpha value is -4.06. The largest absolute Gasteiger partial charge is 0.508 e. The first-order valence-corrected chi connectivity index (χ1v) is 9.91. The summed E-state index contributed by atoms with van der Waals surface area (Å²) < 4.78 is 5.80. The van der Waals surface area contributed by atoms with Gasteiger partial charge in [-0.25, -0.2) is 0 Å². The summed E-state index contributed by atoms with van der Waals surface area (Å²) in [4.78, 5) is 26.9. The number of rotatable bonds is 6. The van der Waals surface area contributed by atoms with Crippen molar-refractivity contribution >= 4 is 17.4 Å². The second-order valence-electron chi connectivity index (χ2n) is 7.12. The van der Waals surface area contributed by atoms with E-state index in [4.69, 9.17) is 4.74 Å². The fourth-order valence-corrected chi connectivity index (χ4v) is 3.62. The zero-order valence-corrected chi connectivity index (χ0v) is 16.9. The van der Waals surface area contributed by atoms with E-state index in [1.54, 1.807) is 43.3 Å². The van der Waals surface area contributed by atoms with E-state index in [2.05, 4.69) is 0 Å². The number of para-hydroxylation sites is 1. The van der Waals surface area contributed by atoms with E-state index in [0.717, 1.165) is 0 Å². The molecular formula is C25H21NO5. The van der Waals surface area contributed by atoms with Gasteiger partial charge in [0.05, 0.1) is 11.6 Å². The van der Waals surface area contributed by atoms with Crippen LogP contribution in [0.3, 0.4) is 0 Å². The zero-order chi connectivity index (χ0) is 22.0. The lowest BCUT2D eigenvalue weighted by atomic mass is 9.95. The number of phenols is 1. The Kier molecular flexibility index (Phi) is 5.45. The highest BCUT2D eigenvalue weighted by Gasteiger charge is 2.43. The SMILES string of the molecule is CCC(=O)C1=C(O)C(=O)N(c2ccc(Oc3ccccc3)cc2)C1c1ccc(O)cc1. The average molecular weight is 415 g/mol. The lowest BCUT2D eigenvalue weighted by Crippen LogP contribution is -2.30. The van der Waals surface area contributed by atoms with E-state index >= 15 is 0 Å². The number of ketones is 1. The molecule has 1 atom stereocenters. The molecule has 31 heavy (non-hydrogen) atoms. The molecule has 0 fully saturated rings. The van der Waals surface area contributed by atoms with Crippen molar-refractivity contribution in [2.45, 2.75) is 19.4 Å². The predicted octanol–water partition coefficient (Wildman–Crippen LogP) is 5.06. The van der Waals surface area contributed by atoms with Gasteiger partial charge < -0.3 is 14.9 Å². The number of carbonyl (C=O) groups is 2. The van der Waals surface area contributed by atoms with Crippen molar-refractivity contribution in [1.82, 2.24) is 0 Å². The van der Waals surface area contributed by atoms with Gasteiger partial charge in [-0.3, -0.25) is 14.5 Å². The van der Waals surface area contributed by atoms with Crippen LogP contribution >= 0.6 is 0 Å². The van der Waals surface area contributed by atoms with Crippen LogP contribution in [0.25, 0.3) is 0 Å². The van der Waals surface area contributed by atoms with Crippen molar-refractivity contribution < 1.29 is 24.5 Å². The first-order chi connectivity index (χ1) is 15.0. The number of Topliss-reactive ketones (excluding diaryl/α,β-unsaturated/α-hetero) is 1. The Bertz CT molecular complexity index is 1130. The fraction of sp³-hybridized carbons (Fsp3) is 0.120.